The fourth-order valence-corrected chi connectivity index (χ4v) is 6.52. The van der Waals surface area contributed by atoms with Crippen molar-refractivity contribution in [1.29, 1.82) is 0 Å². The molecule has 0 bridgehead atoms. The molecule has 4 aliphatic rings. The lowest BCUT2D eigenvalue weighted by atomic mass is 9.46. The highest BCUT2D eigenvalue weighted by Crippen LogP contribution is 2.63. The van der Waals surface area contributed by atoms with E-state index >= 15 is 0 Å². The molecule has 0 aliphatic heterocycles. The fourth-order valence-electron chi connectivity index (χ4n) is 6.52. The SMILES string of the molecule is CC12CC(O)C3C(C(O)C=C4CC(O)CCC43C)C1CCC2=O. The summed E-state index contributed by atoms with van der Waals surface area (Å²) in [5.41, 5.74) is 0.476. The van der Waals surface area contributed by atoms with Gasteiger partial charge in [-0.05, 0) is 55.3 Å². The fraction of sp³-hybridized carbons (Fsp3) is 0.842. The molecule has 0 aromatic heterocycles. The van der Waals surface area contributed by atoms with Gasteiger partial charge in [-0.15, -0.1) is 0 Å². The van der Waals surface area contributed by atoms with E-state index in [1.165, 1.54) is 0 Å². The van der Waals surface area contributed by atoms with E-state index in [0.717, 1.165) is 24.8 Å². The summed E-state index contributed by atoms with van der Waals surface area (Å²) in [6, 6.07) is 0. The number of hydrogen-bond acceptors (Lipinski definition) is 4. The Morgan fingerprint density at radius 3 is 2.61 bits per heavy atom. The Morgan fingerprint density at radius 1 is 1.13 bits per heavy atom. The van der Waals surface area contributed by atoms with E-state index < -0.39 is 17.6 Å². The van der Waals surface area contributed by atoms with Gasteiger partial charge in [-0.3, -0.25) is 4.79 Å². The predicted octanol–water partition coefficient (Wildman–Crippen LogP) is 1.82. The van der Waals surface area contributed by atoms with Crippen LogP contribution in [0.5, 0.6) is 0 Å². The molecule has 23 heavy (non-hydrogen) atoms. The summed E-state index contributed by atoms with van der Waals surface area (Å²) in [6.45, 7) is 4.18. The second kappa shape index (κ2) is 4.90. The van der Waals surface area contributed by atoms with Crippen molar-refractivity contribution < 1.29 is 20.1 Å². The van der Waals surface area contributed by atoms with E-state index in [9.17, 15) is 20.1 Å². The van der Waals surface area contributed by atoms with Gasteiger partial charge in [0.15, 0.2) is 0 Å². The van der Waals surface area contributed by atoms with Crippen molar-refractivity contribution in [2.24, 2.45) is 28.6 Å². The third kappa shape index (κ3) is 1.98. The van der Waals surface area contributed by atoms with Gasteiger partial charge in [0.05, 0.1) is 18.3 Å². The smallest absolute Gasteiger partial charge is 0.139 e. The lowest BCUT2D eigenvalue weighted by molar-refractivity contribution is -0.157. The monoisotopic (exact) mass is 320 g/mol. The molecule has 3 N–H and O–H groups in total. The highest BCUT2D eigenvalue weighted by molar-refractivity contribution is 5.87. The topological polar surface area (TPSA) is 77.8 Å². The van der Waals surface area contributed by atoms with Crippen molar-refractivity contribution in [3.63, 3.8) is 0 Å². The Bertz CT molecular complexity index is 570. The first kappa shape index (κ1) is 15.8. The van der Waals surface area contributed by atoms with E-state index in [2.05, 4.69) is 6.92 Å². The van der Waals surface area contributed by atoms with Crippen molar-refractivity contribution in [2.75, 3.05) is 0 Å². The minimum atomic E-state index is -0.612. The highest BCUT2D eigenvalue weighted by atomic mass is 16.3. The van der Waals surface area contributed by atoms with Crippen LogP contribution in [-0.2, 0) is 4.79 Å². The van der Waals surface area contributed by atoms with Gasteiger partial charge in [0.2, 0.25) is 0 Å². The summed E-state index contributed by atoms with van der Waals surface area (Å²) in [4.78, 5) is 12.4. The molecular weight excluding hydrogens is 292 g/mol. The van der Waals surface area contributed by atoms with E-state index in [1.54, 1.807) is 0 Å². The number of rotatable bonds is 0. The van der Waals surface area contributed by atoms with Gasteiger partial charge in [-0.2, -0.15) is 0 Å². The minimum Gasteiger partial charge on any atom is -0.393 e. The van der Waals surface area contributed by atoms with Gasteiger partial charge < -0.3 is 15.3 Å². The van der Waals surface area contributed by atoms with Crippen LogP contribution in [0, 0.1) is 28.6 Å². The minimum absolute atomic E-state index is 0.00558. The van der Waals surface area contributed by atoms with E-state index in [1.807, 2.05) is 13.0 Å². The van der Waals surface area contributed by atoms with Crippen LogP contribution < -0.4 is 0 Å². The average Bonchev–Trinajstić information content (AvgIpc) is 2.76. The normalized spacial score (nSPS) is 55.7. The first-order valence-electron chi connectivity index (χ1n) is 9.06. The van der Waals surface area contributed by atoms with Crippen LogP contribution in [-0.4, -0.2) is 39.4 Å². The maximum Gasteiger partial charge on any atom is 0.139 e. The number of Topliss-reactive ketones (excluding diaryl/α,β-unsaturated/α-hetero) is 1. The number of carbonyl (C=O) groups excluding carboxylic acids is 1. The molecular formula is C19H28O4. The van der Waals surface area contributed by atoms with Crippen LogP contribution in [0.4, 0.5) is 0 Å². The van der Waals surface area contributed by atoms with Crippen molar-refractivity contribution in [2.45, 2.75) is 70.7 Å². The molecule has 0 aromatic rings. The lowest BCUT2D eigenvalue weighted by Crippen LogP contribution is -2.59. The Balaban J connectivity index is 1.79. The molecule has 0 radical (unpaired) electrons. The molecule has 4 nitrogen and oxygen atoms in total. The molecule has 8 unspecified atom stereocenters. The molecule has 8 atom stereocenters. The number of aliphatic hydroxyl groups is 3. The van der Waals surface area contributed by atoms with E-state index in [0.29, 0.717) is 19.3 Å². The molecule has 0 aromatic carbocycles. The Labute approximate surface area is 137 Å². The zero-order valence-electron chi connectivity index (χ0n) is 14.0. The molecule has 0 amide bonds. The zero-order valence-corrected chi connectivity index (χ0v) is 14.0. The van der Waals surface area contributed by atoms with Gasteiger partial charge in [-0.25, -0.2) is 0 Å². The zero-order chi connectivity index (χ0) is 16.6. The molecule has 4 aliphatic carbocycles. The molecule has 0 spiro atoms. The molecule has 4 heteroatoms. The average molecular weight is 320 g/mol. The summed E-state index contributed by atoms with van der Waals surface area (Å²) in [6.07, 6.45) is 4.57. The van der Waals surface area contributed by atoms with Gasteiger partial charge in [0.1, 0.15) is 5.78 Å². The van der Waals surface area contributed by atoms with Crippen LogP contribution in [0.1, 0.15) is 52.4 Å². The maximum atomic E-state index is 12.4. The number of fused-ring (bicyclic) bond motifs is 5. The second-order valence-corrected chi connectivity index (χ2v) is 8.86. The van der Waals surface area contributed by atoms with Gasteiger partial charge in [0.25, 0.3) is 0 Å². The van der Waals surface area contributed by atoms with E-state index in [-0.39, 0.29) is 35.1 Å². The first-order valence-corrected chi connectivity index (χ1v) is 9.06. The van der Waals surface area contributed by atoms with Crippen molar-refractivity contribution in [1.82, 2.24) is 0 Å². The Hall–Kier alpha value is -0.710. The van der Waals surface area contributed by atoms with Crippen LogP contribution in [0.25, 0.3) is 0 Å². The van der Waals surface area contributed by atoms with Crippen molar-refractivity contribution in [3.05, 3.63) is 11.6 Å². The Morgan fingerprint density at radius 2 is 1.87 bits per heavy atom. The Kier molecular flexibility index (Phi) is 3.37. The molecule has 0 heterocycles. The molecule has 0 saturated heterocycles. The summed E-state index contributed by atoms with van der Waals surface area (Å²) < 4.78 is 0. The standard InChI is InChI=1S/C19H28O4/c1-18-6-5-11(20)7-10(18)8-13(21)16-12-3-4-15(23)19(12,2)9-14(22)17(16)18/h8,11-14,16-17,20-22H,3-7,9H2,1-2H3. The first-order chi connectivity index (χ1) is 10.8. The largest absolute Gasteiger partial charge is 0.393 e. The molecule has 128 valence electrons. The van der Waals surface area contributed by atoms with Crippen LogP contribution in [0.15, 0.2) is 11.6 Å². The highest BCUT2D eigenvalue weighted by Gasteiger charge is 2.63. The molecule has 3 saturated carbocycles. The van der Waals surface area contributed by atoms with E-state index in [4.69, 9.17) is 0 Å². The second-order valence-electron chi connectivity index (χ2n) is 8.86. The van der Waals surface area contributed by atoms with Gasteiger partial charge in [0, 0.05) is 11.8 Å². The third-order valence-corrected chi connectivity index (χ3v) is 7.75. The van der Waals surface area contributed by atoms with Crippen LogP contribution in [0.2, 0.25) is 0 Å². The molecule has 3 fully saturated rings. The van der Waals surface area contributed by atoms with Crippen molar-refractivity contribution in [3.8, 4) is 0 Å². The lowest BCUT2D eigenvalue weighted by Gasteiger charge is -2.59. The van der Waals surface area contributed by atoms with Gasteiger partial charge in [-0.1, -0.05) is 25.5 Å². The van der Waals surface area contributed by atoms with Crippen LogP contribution >= 0.6 is 0 Å². The third-order valence-electron chi connectivity index (χ3n) is 7.75. The van der Waals surface area contributed by atoms with Crippen molar-refractivity contribution >= 4 is 5.78 Å². The van der Waals surface area contributed by atoms with Gasteiger partial charge >= 0.3 is 0 Å². The maximum absolute atomic E-state index is 12.4. The number of hydrogen-bond donors (Lipinski definition) is 3. The summed E-state index contributed by atoms with van der Waals surface area (Å²) in [5.74, 6) is 0.374. The molecule has 4 rings (SSSR count). The summed E-state index contributed by atoms with van der Waals surface area (Å²) >= 11 is 0. The summed E-state index contributed by atoms with van der Waals surface area (Å²) in [5, 5.41) is 31.8. The number of aliphatic hydroxyl groups excluding tert-OH is 3. The number of carbonyl (C=O) groups is 1. The predicted molar refractivity (Wildman–Crippen MR) is 85.5 cm³/mol. The quantitative estimate of drug-likeness (QED) is 0.595. The summed E-state index contributed by atoms with van der Waals surface area (Å²) in [7, 11) is 0. The number of ketones is 1. The van der Waals surface area contributed by atoms with Crippen LogP contribution in [0.3, 0.4) is 0 Å².